The van der Waals surface area contributed by atoms with Crippen molar-refractivity contribution in [2.75, 3.05) is 0 Å². The molecule has 0 aliphatic rings. The molecule has 3 nitrogen and oxygen atoms in total. The van der Waals surface area contributed by atoms with Gasteiger partial charge in [-0.15, -0.1) is 0 Å². The van der Waals surface area contributed by atoms with Gasteiger partial charge in [0.1, 0.15) is 0 Å². The zero-order valence-corrected chi connectivity index (χ0v) is 7.18. The zero-order valence-electron chi connectivity index (χ0n) is 7.18. The van der Waals surface area contributed by atoms with Gasteiger partial charge < -0.3 is 11.5 Å². The third kappa shape index (κ3) is 5.87. The second kappa shape index (κ2) is 5.11. The first-order valence-electron chi connectivity index (χ1n) is 3.55. The van der Waals surface area contributed by atoms with Crippen LogP contribution < -0.4 is 11.5 Å². The second-order valence-electron chi connectivity index (χ2n) is 2.32. The second-order valence-corrected chi connectivity index (χ2v) is 2.32. The van der Waals surface area contributed by atoms with Crippen LogP contribution in [0.4, 0.5) is 13.2 Å². The highest BCUT2D eigenvalue weighted by atomic mass is 19.4. The summed E-state index contributed by atoms with van der Waals surface area (Å²) >= 11 is 0. The summed E-state index contributed by atoms with van der Waals surface area (Å²) in [6.07, 6.45) is -4.21. The highest BCUT2D eigenvalue weighted by molar-refractivity contribution is 5.71. The zero-order chi connectivity index (χ0) is 11.2. The van der Waals surface area contributed by atoms with Crippen LogP contribution >= 0.6 is 0 Å². The molecule has 0 radical (unpaired) electrons. The van der Waals surface area contributed by atoms with E-state index in [-0.39, 0.29) is 5.96 Å². The standard InChI is InChI=1S/C7H5F3.CH5N3/c8-7(9,10)6-4-2-1-3-5-6;2-1(3)4/h1-5H;(H5,2,3,4). The molecule has 0 bridgehead atoms. The van der Waals surface area contributed by atoms with E-state index in [0.717, 1.165) is 12.1 Å². The molecule has 0 fully saturated rings. The topological polar surface area (TPSA) is 75.9 Å². The lowest BCUT2D eigenvalue weighted by Gasteiger charge is -2.03. The number of nitrogens with one attached hydrogen (secondary N) is 1. The highest BCUT2D eigenvalue weighted by Crippen LogP contribution is 2.28. The third-order valence-corrected chi connectivity index (χ3v) is 1.10. The van der Waals surface area contributed by atoms with Gasteiger partial charge in [0.25, 0.3) is 0 Å². The minimum atomic E-state index is -4.21. The quantitative estimate of drug-likeness (QED) is 0.444. The van der Waals surface area contributed by atoms with Gasteiger partial charge in [-0.1, -0.05) is 30.3 Å². The molecule has 6 heteroatoms. The molecule has 1 aromatic rings. The molecule has 0 atom stereocenters. The average molecular weight is 205 g/mol. The summed E-state index contributed by atoms with van der Waals surface area (Å²) in [5.41, 5.74) is 8.34. The molecule has 0 saturated heterocycles. The number of nitrogens with two attached hydrogens (primary N) is 2. The van der Waals surface area contributed by atoms with Crippen molar-refractivity contribution < 1.29 is 13.2 Å². The molecule has 78 valence electrons. The van der Waals surface area contributed by atoms with Gasteiger partial charge in [-0.05, 0) is 0 Å². The van der Waals surface area contributed by atoms with E-state index in [0.29, 0.717) is 0 Å². The summed E-state index contributed by atoms with van der Waals surface area (Å²) in [7, 11) is 0. The SMILES string of the molecule is FC(F)(F)c1ccccc1.N=C(N)N. The maximum Gasteiger partial charge on any atom is 0.416 e. The predicted molar refractivity (Wildman–Crippen MR) is 47.5 cm³/mol. The minimum absolute atomic E-state index is 0.333. The van der Waals surface area contributed by atoms with Crippen molar-refractivity contribution in [1.82, 2.24) is 0 Å². The molecule has 0 aliphatic carbocycles. The average Bonchev–Trinajstić information content (AvgIpc) is 2.03. The Bertz CT molecular complexity index is 278. The van der Waals surface area contributed by atoms with Gasteiger partial charge in [-0.3, -0.25) is 5.41 Å². The van der Waals surface area contributed by atoms with Crippen molar-refractivity contribution in [2.45, 2.75) is 6.18 Å². The molecule has 1 aromatic carbocycles. The van der Waals surface area contributed by atoms with Crippen LogP contribution in [0, 0.1) is 5.41 Å². The number of alkyl halides is 3. The first-order valence-corrected chi connectivity index (χ1v) is 3.55. The summed E-state index contributed by atoms with van der Waals surface area (Å²) in [5.74, 6) is -0.333. The van der Waals surface area contributed by atoms with Gasteiger partial charge in [-0.2, -0.15) is 13.2 Å². The van der Waals surface area contributed by atoms with E-state index < -0.39 is 11.7 Å². The van der Waals surface area contributed by atoms with Crippen LogP contribution in [0.25, 0.3) is 0 Å². The number of hydrogen-bond donors (Lipinski definition) is 3. The van der Waals surface area contributed by atoms with Crippen LogP contribution in [0.5, 0.6) is 0 Å². The van der Waals surface area contributed by atoms with Crippen LogP contribution in [0.1, 0.15) is 5.56 Å². The fraction of sp³-hybridized carbons (Fsp3) is 0.125. The Morgan fingerprint density at radius 3 is 1.64 bits per heavy atom. The number of rotatable bonds is 0. The smallest absolute Gasteiger partial charge is 0.370 e. The van der Waals surface area contributed by atoms with Gasteiger partial charge in [0, 0.05) is 0 Å². The minimum Gasteiger partial charge on any atom is -0.370 e. The fourth-order valence-corrected chi connectivity index (χ4v) is 0.627. The van der Waals surface area contributed by atoms with Crippen LogP contribution in [0.3, 0.4) is 0 Å². The van der Waals surface area contributed by atoms with Crippen LogP contribution in [0.15, 0.2) is 30.3 Å². The lowest BCUT2D eigenvalue weighted by molar-refractivity contribution is -0.137. The Hall–Kier alpha value is -1.72. The number of guanidine groups is 1. The Balaban J connectivity index is 0.000000364. The maximum atomic E-state index is 11.8. The van der Waals surface area contributed by atoms with Crippen molar-refractivity contribution >= 4 is 5.96 Å². The largest absolute Gasteiger partial charge is 0.416 e. The lowest BCUT2D eigenvalue weighted by atomic mass is 10.2. The van der Waals surface area contributed by atoms with Gasteiger partial charge in [-0.25, -0.2) is 0 Å². The van der Waals surface area contributed by atoms with Crippen molar-refractivity contribution in [2.24, 2.45) is 11.5 Å². The van der Waals surface area contributed by atoms with E-state index in [1.807, 2.05) is 0 Å². The Kier molecular flexibility index (Phi) is 4.48. The fourth-order valence-electron chi connectivity index (χ4n) is 0.627. The first-order chi connectivity index (χ1) is 6.34. The van der Waals surface area contributed by atoms with E-state index in [9.17, 15) is 13.2 Å². The van der Waals surface area contributed by atoms with Gasteiger partial charge in [0.2, 0.25) is 0 Å². The molecule has 14 heavy (non-hydrogen) atoms. The molecule has 0 unspecified atom stereocenters. The molecular formula is C8H10F3N3. The Morgan fingerprint density at radius 1 is 1.07 bits per heavy atom. The number of benzene rings is 1. The summed E-state index contributed by atoms with van der Waals surface area (Å²) in [5, 5.41) is 6.06. The summed E-state index contributed by atoms with van der Waals surface area (Å²) in [4.78, 5) is 0. The Labute approximate surface area is 79.0 Å². The van der Waals surface area contributed by atoms with Gasteiger partial charge in [0.05, 0.1) is 5.56 Å². The van der Waals surface area contributed by atoms with Crippen LogP contribution in [-0.4, -0.2) is 5.96 Å². The molecule has 0 aliphatic heterocycles. The van der Waals surface area contributed by atoms with Crippen molar-refractivity contribution in [3.8, 4) is 0 Å². The van der Waals surface area contributed by atoms with Crippen molar-refractivity contribution in [3.05, 3.63) is 35.9 Å². The maximum absolute atomic E-state index is 11.8. The molecule has 1 rings (SSSR count). The van der Waals surface area contributed by atoms with E-state index in [1.165, 1.54) is 12.1 Å². The first kappa shape index (κ1) is 12.3. The van der Waals surface area contributed by atoms with E-state index in [1.54, 1.807) is 6.07 Å². The van der Waals surface area contributed by atoms with Crippen LogP contribution in [0.2, 0.25) is 0 Å². The number of halogens is 3. The molecular weight excluding hydrogens is 195 g/mol. The number of hydrogen-bond acceptors (Lipinski definition) is 1. The van der Waals surface area contributed by atoms with E-state index in [2.05, 4.69) is 11.5 Å². The van der Waals surface area contributed by atoms with Gasteiger partial charge in [0.15, 0.2) is 5.96 Å². The molecule has 0 amide bonds. The van der Waals surface area contributed by atoms with Gasteiger partial charge >= 0.3 is 6.18 Å². The highest BCUT2D eigenvalue weighted by Gasteiger charge is 2.29. The van der Waals surface area contributed by atoms with Crippen molar-refractivity contribution in [3.63, 3.8) is 0 Å². The molecule has 0 aromatic heterocycles. The molecule has 0 spiro atoms. The van der Waals surface area contributed by atoms with Crippen LogP contribution in [-0.2, 0) is 6.18 Å². The summed E-state index contributed by atoms with van der Waals surface area (Å²) in [6, 6.07) is 6.36. The third-order valence-electron chi connectivity index (χ3n) is 1.10. The monoisotopic (exact) mass is 205 g/mol. The normalized spacial score (nSPS) is 9.93. The molecule has 0 heterocycles. The molecule has 0 saturated carbocycles. The molecule has 5 N–H and O–H groups in total. The predicted octanol–water partition coefficient (Wildman–Crippen LogP) is 1.54. The lowest BCUT2D eigenvalue weighted by Crippen LogP contribution is -2.20. The Morgan fingerprint density at radius 2 is 1.43 bits per heavy atom. The summed E-state index contributed by atoms with van der Waals surface area (Å²) < 4.78 is 35.4. The van der Waals surface area contributed by atoms with E-state index in [4.69, 9.17) is 5.41 Å². The van der Waals surface area contributed by atoms with E-state index >= 15 is 0 Å². The summed E-state index contributed by atoms with van der Waals surface area (Å²) in [6.45, 7) is 0. The van der Waals surface area contributed by atoms with Crippen molar-refractivity contribution in [1.29, 1.82) is 5.41 Å².